The molecule has 1 atom stereocenters. The Bertz CT molecular complexity index is 433. The Kier molecular flexibility index (Phi) is 4.95. The minimum atomic E-state index is -0.356. The lowest BCUT2D eigenvalue weighted by Gasteiger charge is -2.26. The van der Waals surface area contributed by atoms with E-state index in [1.807, 2.05) is 48.8 Å². The van der Waals surface area contributed by atoms with Gasteiger partial charge in [0.15, 0.2) is 0 Å². The molecular formula is C16H21N2O+. The molecule has 19 heavy (non-hydrogen) atoms. The van der Waals surface area contributed by atoms with Crippen LogP contribution in [0.4, 0.5) is 11.4 Å². The Hall–Kier alpha value is -1.84. The van der Waals surface area contributed by atoms with E-state index >= 15 is 0 Å². The zero-order valence-electron chi connectivity index (χ0n) is 11.2. The van der Waals surface area contributed by atoms with Crippen molar-refractivity contribution in [2.75, 3.05) is 25.0 Å². The van der Waals surface area contributed by atoms with E-state index in [1.54, 1.807) is 0 Å². The summed E-state index contributed by atoms with van der Waals surface area (Å²) >= 11 is 0. The van der Waals surface area contributed by atoms with Gasteiger partial charge in [-0.15, -0.1) is 0 Å². The molecule has 0 aliphatic carbocycles. The van der Waals surface area contributed by atoms with Gasteiger partial charge in [-0.25, -0.2) is 0 Å². The molecule has 3 N–H and O–H groups in total. The average Bonchev–Trinajstić information content (AvgIpc) is 2.47. The van der Waals surface area contributed by atoms with Gasteiger partial charge < -0.3 is 15.3 Å². The van der Waals surface area contributed by atoms with Crippen LogP contribution in [-0.2, 0) is 0 Å². The fourth-order valence-electron chi connectivity index (χ4n) is 2.13. The monoisotopic (exact) mass is 257 g/mol. The number of nitrogens with zero attached hydrogens (tertiary/aromatic N) is 1. The number of likely N-dealkylation sites (N-methyl/N-ethyl adjacent to an activating group) is 1. The summed E-state index contributed by atoms with van der Waals surface area (Å²) in [6.45, 7) is 1.30. The maximum atomic E-state index is 10.1. The molecule has 0 aromatic heterocycles. The van der Waals surface area contributed by atoms with E-state index < -0.39 is 0 Å². The summed E-state index contributed by atoms with van der Waals surface area (Å²) in [7, 11) is 1.97. The normalized spacial score (nSPS) is 12.1. The number of aliphatic hydroxyl groups is 1. The lowest BCUT2D eigenvalue weighted by Crippen LogP contribution is -2.82. The number of quaternary nitrogens is 1. The van der Waals surface area contributed by atoms with E-state index in [0.717, 1.165) is 11.4 Å². The van der Waals surface area contributed by atoms with E-state index in [0.29, 0.717) is 13.1 Å². The first-order valence-electron chi connectivity index (χ1n) is 6.65. The minimum Gasteiger partial charge on any atom is -0.385 e. The third-order valence-corrected chi connectivity index (χ3v) is 3.04. The van der Waals surface area contributed by atoms with Gasteiger partial charge in [-0.3, -0.25) is 0 Å². The minimum absolute atomic E-state index is 0.356. The highest BCUT2D eigenvalue weighted by Crippen LogP contribution is 2.24. The molecule has 0 heterocycles. The van der Waals surface area contributed by atoms with Crippen molar-refractivity contribution in [3.8, 4) is 0 Å². The lowest BCUT2D eigenvalue weighted by molar-refractivity contribution is -0.633. The number of hydrogen-bond acceptors (Lipinski definition) is 2. The van der Waals surface area contributed by atoms with E-state index in [-0.39, 0.29) is 6.10 Å². The van der Waals surface area contributed by atoms with Gasteiger partial charge in [-0.05, 0) is 24.3 Å². The number of benzene rings is 2. The molecule has 0 saturated heterocycles. The van der Waals surface area contributed by atoms with Crippen molar-refractivity contribution in [1.82, 2.24) is 0 Å². The van der Waals surface area contributed by atoms with Crippen LogP contribution in [-0.4, -0.2) is 31.3 Å². The van der Waals surface area contributed by atoms with E-state index in [2.05, 4.69) is 29.2 Å². The molecule has 0 fully saturated rings. The molecule has 2 aromatic rings. The second kappa shape index (κ2) is 6.92. The summed E-state index contributed by atoms with van der Waals surface area (Å²) in [5.41, 5.74) is 2.20. The summed E-state index contributed by atoms with van der Waals surface area (Å²) in [5, 5.41) is 12.1. The van der Waals surface area contributed by atoms with Crippen molar-refractivity contribution in [2.45, 2.75) is 6.10 Å². The number of hydrogen-bond donors (Lipinski definition) is 2. The van der Waals surface area contributed by atoms with Crippen molar-refractivity contribution in [3.05, 3.63) is 60.7 Å². The first-order valence-corrected chi connectivity index (χ1v) is 6.65. The second-order valence-electron chi connectivity index (χ2n) is 4.58. The third kappa shape index (κ3) is 3.81. The molecule has 0 spiro atoms. The lowest BCUT2D eigenvalue weighted by atomic mass is 10.2. The van der Waals surface area contributed by atoms with Gasteiger partial charge in [0, 0.05) is 11.4 Å². The van der Waals surface area contributed by atoms with Crippen molar-refractivity contribution >= 4 is 11.4 Å². The molecule has 0 amide bonds. The Balaban J connectivity index is 2.24. The maximum Gasteiger partial charge on any atom is 0.121 e. The van der Waals surface area contributed by atoms with Crippen LogP contribution in [0.25, 0.3) is 0 Å². The highest BCUT2D eigenvalue weighted by Gasteiger charge is 2.14. The zero-order valence-corrected chi connectivity index (χ0v) is 11.2. The molecule has 2 rings (SSSR count). The zero-order chi connectivity index (χ0) is 13.5. The van der Waals surface area contributed by atoms with Crippen LogP contribution >= 0.6 is 0 Å². The topological polar surface area (TPSA) is 40.1 Å². The van der Waals surface area contributed by atoms with Gasteiger partial charge in [-0.1, -0.05) is 36.4 Å². The summed E-state index contributed by atoms with van der Waals surface area (Å²) < 4.78 is 0. The molecule has 0 aliphatic heterocycles. The highest BCUT2D eigenvalue weighted by atomic mass is 16.3. The van der Waals surface area contributed by atoms with Gasteiger partial charge >= 0.3 is 0 Å². The van der Waals surface area contributed by atoms with Crippen molar-refractivity contribution in [2.24, 2.45) is 0 Å². The number of para-hydroxylation sites is 2. The number of rotatable bonds is 6. The Morgan fingerprint density at radius 2 is 1.42 bits per heavy atom. The van der Waals surface area contributed by atoms with Crippen LogP contribution in [0.15, 0.2) is 60.7 Å². The standard InChI is InChI=1S/C16H20N2O/c1-17-12-16(19)13-18(14-8-4-2-5-9-14)15-10-6-3-7-11-15/h2-11,16-17,19H,12-13H2,1H3/p+1/t16-/m1/s1. The average molecular weight is 257 g/mol. The molecule has 0 unspecified atom stereocenters. The van der Waals surface area contributed by atoms with E-state index in [1.165, 1.54) is 0 Å². The molecule has 0 saturated carbocycles. The third-order valence-electron chi connectivity index (χ3n) is 3.04. The Labute approximate surface area is 114 Å². The van der Waals surface area contributed by atoms with E-state index in [4.69, 9.17) is 0 Å². The van der Waals surface area contributed by atoms with Gasteiger partial charge in [0.05, 0.1) is 13.6 Å². The molecule has 3 nitrogen and oxygen atoms in total. The number of nitrogens with two attached hydrogens (primary N) is 1. The molecule has 100 valence electrons. The highest BCUT2D eigenvalue weighted by molar-refractivity contribution is 5.62. The summed E-state index contributed by atoms with van der Waals surface area (Å²) in [6.07, 6.45) is -0.356. The predicted molar refractivity (Wildman–Crippen MR) is 78.6 cm³/mol. The second-order valence-corrected chi connectivity index (χ2v) is 4.58. The summed E-state index contributed by atoms with van der Waals surface area (Å²) in [4.78, 5) is 2.15. The molecule has 3 heteroatoms. The quantitative estimate of drug-likeness (QED) is 0.821. The molecule has 0 aliphatic rings. The van der Waals surface area contributed by atoms with Gasteiger partial charge in [0.2, 0.25) is 0 Å². The Morgan fingerprint density at radius 3 is 1.84 bits per heavy atom. The first-order chi connectivity index (χ1) is 9.31. The van der Waals surface area contributed by atoms with Crippen LogP contribution in [0, 0.1) is 0 Å². The van der Waals surface area contributed by atoms with Gasteiger partial charge in [0.25, 0.3) is 0 Å². The van der Waals surface area contributed by atoms with Crippen LogP contribution in [0.3, 0.4) is 0 Å². The van der Waals surface area contributed by atoms with Crippen molar-refractivity contribution in [1.29, 1.82) is 0 Å². The number of aliphatic hydroxyl groups excluding tert-OH is 1. The SMILES string of the molecule is C[NH2+]C[C@@H](O)CN(c1ccccc1)c1ccccc1. The van der Waals surface area contributed by atoms with Crippen LogP contribution in [0.2, 0.25) is 0 Å². The maximum absolute atomic E-state index is 10.1. The predicted octanol–water partition coefficient (Wildman–Crippen LogP) is 1.38. The Morgan fingerprint density at radius 1 is 0.947 bits per heavy atom. The smallest absolute Gasteiger partial charge is 0.121 e. The summed E-state index contributed by atoms with van der Waals surface area (Å²) in [5.74, 6) is 0. The first kappa shape index (κ1) is 13.6. The molecule has 0 radical (unpaired) electrons. The van der Waals surface area contributed by atoms with Crippen LogP contribution in [0.1, 0.15) is 0 Å². The van der Waals surface area contributed by atoms with Gasteiger partial charge in [0.1, 0.15) is 12.6 Å². The fourth-order valence-corrected chi connectivity index (χ4v) is 2.13. The molecule has 2 aromatic carbocycles. The molecule has 0 bridgehead atoms. The number of anilines is 2. The van der Waals surface area contributed by atoms with Gasteiger partial charge in [-0.2, -0.15) is 0 Å². The summed E-state index contributed by atoms with van der Waals surface area (Å²) in [6, 6.07) is 20.3. The van der Waals surface area contributed by atoms with E-state index in [9.17, 15) is 5.11 Å². The fraction of sp³-hybridized carbons (Fsp3) is 0.250. The van der Waals surface area contributed by atoms with Crippen LogP contribution in [0.5, 0.6) is 0 Å². The van der Waals surface area contributed by atoms with Crippen molar-refractivity contribution < 1.29 is 10.4 Å². The van der Waals surface area contributed by atoms with Crippen LogP contribution < -0.4 is 10.2 Å². The van der Waals surface area contributed by atoms with Crippen molar-refractivity contribution in [3.63, 3.8) is 0 Å². The largest absolute Gasteiger partial charge is 0.385 e. The molecular weight excluding hydrogens is 236 g/mol.